The van der Waals surface area contributed by atoms with Crippen molar-refractivity contribution in [2.45, 2.75) is 22.1 Å². The first-order valence-corrected chi connectivity index (χ1v) is 10.1. The number of nitrogens with one attached hydrogen (secondary N) is 1. The number of anilines is 1. The van der Waals surface area contributed by atoms with Gasteiger partial charge in [-0.15, -0.1) is 0 Å². The third-order valence-electron chi connectivity index (χ3n) is 3.52. The molecular weight excluding hydrogens is 374 g/mol. The van der Waals surface area contributed by atoms with E-state index in [0.29, 0.717) is 16.5 Å². The summed E-state index contributed by atoms with van der Waals surface area (Å²) < 4.78 is 30.4. The highest BCUT2D eigenvalue weighted by Crippen LogP contribution is 2.27. The molecule has 26 heavy (non-hydrogen) atoms. The number of nitrogens with zero attached hydrogens (tertiary/aromatic N) is 2. The van der Waals surface area contributed by atoms with Gasteiger partial charge in [0.05, 0.1) is 23.1 Å². The van der Waals surface area contributed by atoms with Crippen LogP contribution >= 0.6 is 11.8 Å². The fourth-order valence-electron chi connectivity index (χ4n) is 2.02. The lowest BCUT2D eigenvalue weighted by Gasteiger charge is -2.14. The van der Waals surface area contributed by atoms with Crippen molar-refractivity contribution >= 4 is 33.4 Å². The van der Waals surface area contributed by atoms with Crippen LogP contribution in [0.5, 0.6) is 5.75 Å². The quantitative estimate of drug-likeness (QED) is 0.725. The molecule has 9 heteroatoms. The Kier molecular flexibility index (Phi) is 6.63. The molecule has 2 aromatic rings. The first-order valence-electron chi connectivity index (χ1n) is 7.75. The number of carbonyl (C=O) groups is 1. The molecule has 0 saturated heterocycles. The van der Waals surface area contributed by atoms with Gasteiger partial charge in [0.2, 0.25) is 15.9 Å². The van der Waals surface area contributed by atoms with Gasteiger partial charge in [0, 0.05) is 20.3 Å². The Bertz CT molecular complexity index is 868. The number of thioether (sulfide) groups is 1. The van der Waals surface area contributed by atoms with Crippen LogP contribution in [-0.4, -0.2) is 50.1 Å². The van der Waals surface area contributed by atoms with Crippen LogP contribution in [0.3, 0.4) is 0 Å². The molecule has 1 amide bonds. The summed E-state index contributed by atoms with van der Waals surface area (Å²) >= 11 is 1.24. The predicted molar refractivity (Wildman–Crippen MR) is 102 cm³/mol. The standard InChI is InChI=1S/C17H21N3O4S2/c1-12(17(21)19-14-7-5-6-8-15(14)24-4)25-16-10-9-13(11-18-16)26(22,23)20(2)3/h5-12H,1-4H3,(H,19,21)/t12-/m0/s1. The van der Waals surface area contributed by atoms with E-state index in [9.17, 15) is 13.2 Å². The Morgan fingerprint density at radius 3 is 2.50 bits per heavy atom. The molecule has 7 nitrogen and oxygen atoms in total. The van der Waals surface area contributed by atoms with Crippen LogP contribution in [0.2, 0.25) is 0 Å². The zero-order valence-electron chi connectivity index (χ0n) is 15.0. The molecule has 0 spiro atoms. The van der Waals surface area contributed by atoms with E-state index < -0.39 is 15.3 Å². The summed E-state index contributed by atoms with van der Waals surface area (Å²) in [5.74, 6) is 0.376. The summed E-state index contributed by atoms with van der Waals surface area (Å²) in [5, 5.41) is 2.95. The summed E-state index contributed by atoms with van der Waals surface area (Å²) in [6.07, 6.45) is 1.29. The first kappa shape index (κ1) is 20.2. The smallest absolute Gasteiger partial charge is 0.244 e. The minimum atomic E-state index is -3.52. The second kappa shape index (κ2) is 8.52. The molecule has 0 saturated carbocycles. The number of pyridine rings is 1. The van der Waals surface area contributed by atoms with E-state index in [2.05, 4.69) is 10.3 Å². The van der Waals surface area contributed by atoms with Crippen LogP contribution in [0.4, 0.5) is 5.69 Å². The van der Waals surface area contributed by atoms with Gasteiger partial charge < -0.3 is 10.1 Å². The van der Waals surface area contributed by atoms with E-state index >= 15 is 0 Å². The van der Waals surface area contributed by atoms with Gasteiger partial charge in [0.25, 0.3) is 0 Å². The molecule has 140 valence electrons. The number of hydrogen-bond donors (Lipinski definition) is 1. The van der Waals surface area contributed by atoms with Crippen molar-refractivity contribution < 1.29 is 17.9 Å². The second-order valence-electron chi connectivity index (χ2n) is 5.57. The van der Waals surface area contributed by atoms with Gasteiger partial charge in [-0.2, -0.15) is 0 Å². The van der Waals surface area contributed by atoms with Crippen molar-refractivity contribution in [1.29, 1.82) is 0 Å². The summed E-state index contributed by atoms with van der Waals surface area (Å²) in [5.41, 5.74) is 0.591. The van der Waals surface area contributed by atoms with Crippen molar-refractivity contribution in [3.63, 3.8) is 0 Å². The molecule has 2 rings (SSSR count). The summed E-state index contributed by atoms with van der Waals surface area (Å²) in [4.78, 5) is 16.6. The highest BCUT2D eigenvalue weighted by atomic mass is 32.2. The van der Waals surface area contributed by atoms with Gasteiger partial charge in [-0.1, -0.05) is 23.9 Å². The molecule has 1 heterocycles. The number of amides is 1. The van der Waals surface area contributed by atoms with Crippen molar-refractivity contribution in [3.05, 3.63) is 42.6 Å². The maximum absolute atomic E-state index is 12.4. The number of sulfonamides is 1. The first-order chi connectivity index (χ1) is 12.3. The molecule has 1 aromatic carbocycles. The zero-order valence-corrected chi connectivity index (χ0v) is 16.6. The highest BCUT2D eigenvalue weighted by Gasteiger charge is 2.19. The Morgan fingerprint density at radius 1 is 1.23 bits per heavy atom. The summed E-state index contributed by atoms with van der Waals surface area (Å²) in [7, 11) is 0.941. The van der Waals surface area contributed by atoms with Crippen molar-refractivity contribution in [1.82, 2.24) is 9.29 Å². The van der Waals surface area contributed by atoms with Crippen molar-refractivity contribution in [2.75, 3.05) is 26.5 Å². The van der Waals surface area contributed by atoms with Crippen LogP contribution in [-0.2, 0) is 14.8 Å². The molecule has 0 unspecified atom stereocenters. The zero-order chi connectivity index (χ0) is 19.3. The Balaban J connectivity index is 2.05. The molecular formula is C17H21N3O4S2. The number of ether oxygens (including phenoxy) is 1. The third kappa shape index (κ3) is 4.75. The highest BCUT2D eigenvalue weighted by molar-refractivity contribution is 8.00. The minimum Gasteiger partial charge on any atom is -0.495 e. The van der Waals surface area contributed by atoms with Crippen LogP contribution < -0.4 is 10.1 Å². The Hall–Kier alpha value is -2.10. The maximum atomic E-state index is 12.4. The number of para-hydroxylation sites is 2. The van der Waals surface area contributed by atoms with E-state index in [1.807, 2.05) is 6.07 Å². The number of hydrogen-bond acceptors (Lipinski definition) is 6. The molecule has 1 atom stereocenters. The second-order valence-corrected chi connectivity index (χ2v) is 9.08. The molecule has 0 aliphatic rings. The number of benzene rings is 1. The van der Waals surface area contributed by atoms with Gasteiger partial charge in [-0.3, -0.25) is 4.79 Å². The molecule has 0 aliphatic heterocycles. The fourth-order valence-corrected chi connectivity index (χ4v) is 3.65. The van der Waals surface area contributed by atoms with E-state index in [-0.39, 0.29) is 10.8 Å². The molecule has 0 fully saturated rings. The maximum Gasteiger partial charge on any atom is 0.244 e. The molecule has 0 radical (unpaired) electrons. The lowest BCUT2D eigenvalue weighted by Crippen LogP contribution is -2.23. The lowest BCUT2D eigenvalue weighted by molar-refractivity contribution is -0.115. The van der Waals surface area contributed by atoms with Crippen LogP contribution in [0, 0.1) is 0 Å². The average molecular weight is 396 g/mol. The third-order valence-corrected chi connectivity index (χ3v) is 6.37. The van der Waals surface area contributed by atoms with Crippen LogP contribution in [0.15, 0.2) is 52.5 Å². The van der Waals surface area contributed by atoms with Gasteiger partial charge in [0.1, 0.15) is 10.6 Å². The van der Waals surface area contributed by atoms with E-state index in [1.165, 1.54) is 45.2 Å². The fraction of sp³-hybridized carbons (Fsp3) is 0.294. The van der Waals surface area contributed by atoms with Crippen molar-refractivity contribution in [2.24, 2.45) is 0 Å². The lowest BCUT2D eigenvalue weighted by atomic mass is 10.3. The molecule has 1 aromatic heterocycles. The molecule has 0 bridgehead atoms. The van der Waals surface area contributed by atoms with Gasteiger partial charge in [0.15, 0.2) is 0 Å². The monoisotopic (exact) mass is 395 g/mol. The van der Waals surface area contributed by atoms with Crippen LogP contribution in [0.25, 0.3) is 0 Å². The summed E-state index contributed by atoms with van der Waals surface area (Å²) in [6, 6.07) is 10.2. The number of aromatic nitrogens is 1. The number of carbonyl (C=O) groups excluding carboxylic acids is 1. The van der Waals surface area contributed by atoms with E-state index in [1.54, 1.807) is 31.2 Å². The SMILES string of the molecule is COc1ccccc1NC(=O)[C@H](C)Sc1ccc(S(=O)(=O)N(C)C)cn1. The van der Waals surface area contributed by atoms with Gasteiger partial charge in [-0.05, 0) is 31.2 Å². The summed E-state index contributed by atoms with van der Waals surface area (Å²) in [6.45, 7) is 1.75. The van der Waals surface area contributed by atoms with Crippen LogP contribution in [0.1, 0.15) is 6.92 Å². The largest absolute Gasteiger partial charge is 0.495 e. The Labute approximate surface area is 157 Å². The van der Waals surface area contributed by atoms with Crippen molar-refractivity contribution in [3.8, 4) is 5.75 Å². The predicted octanol–water partition coefficient (Wildman–Crippen LogP) is 2.46. The van der Waals surface area contributed by atoms with Gasteiger partial charge >= 0.3 is 0 Å². The number of rotatable bonds is 7. The number of methoxy groups -OCH3 is 1. The van der Waals surface area contributed by atoms with E-state index in [4.69, 9.17) is 4.74 Å². The van der Waals surface area contributed by atoms with Gasteiger partial charge in [-0.25, -0.2) is 17.7 Å². The van der Waals surface area contributed by atoms with E-state index in [0.717, 1.165) is 4.31 Å². The topological polar surface area (TPSA) is 88.6 Å². The normalized spacial score (nSPS) is 12.7. The molecule has 1 N–H and O–H groups in total. The Morgan fingerprint density at radius 2 is 1.92 bits per heavy atom. The average Bonchev–Trinajstić information content (AvgIpc) is 2.62. The minimum absolute atomic E-state index is 0.109. The molecule has 0 aliphatic carbocycles.